The van der Waals surface area contributed by atoms with Crippen LogP contribution in [0, 0.1) is 5.92 Å². The summed E-state index contributed by atoms with van der Waals surface area (Å²) in [4.78, 5) is 13.1. The number of rotatable bonds is 3. The molecule has 1 heterocycles. The van der Waals surface area contributed by atoms with E-state index in [2.05, 4.69) is 11.8 Å². The van der Waals surface area contributed by atoms with Gasteiger partial charge in [0.25, 0.3) is 0 Å². The van der Waals surface area contributed by atoms with E-state index in [4.69, 9.17) is 5.73 Å². The first kappa shape index (κ1) is 11.2. The standard InChI is InChI=1S/C11H20N2O/c1-9-3-6-13(7-4-9)8-5-10(2)11(12)14/h5,9H,3-4,6-8H2,1-2H3,(H2,12,14). The van der Waals surface area contributed by atoms with Gasteiger partial charge in [0.1, 0.15) is 0 Å². The predicted octanol–water partition coefficient (Wildman–Crippen LogP) is 1.15. The normalized spacial score (nSPS) is 21.1. The summed E-state index contributed by atoms with van der Waals surface area (Å²) in [5.74, 6) is 0.544. The highest BCUT2D eigenvalue weighted by Crippen LogP contribution is 2.15. The molecular weight excluding hydrogens is 176 g/mol. The molecule has 1 aliphatic rings. The van der Waals surface area contributed by atoms with E-state index in [0.717, 1.165) is 25.6 Å². The summed E-state index contributed by atoms with van der Waals surface area (Å²) in [5, 5.41) is 0. The van der Waals surface area contributed by atoms with Crippen LogP contribution in [-0.2, 0) is 4.79 Å². The minimum atomic E-state index is -0.310. The van der Waals surface area contributed by atoms with Gasteiger partial charge in [-0.05, 0) is 38.8 Å². The second kappa shape index (κ2) is 5.15. The van der Waals surface area contributed by atoms with Crippen molar-refractivity contribution in [2.45, 2.75) is 26.7 Å². The van der Waals surface area contributed by atoms with Crippen LogP contribution in [0.4, 0.5) is 0 Å². The van der Waals surface area contributed by atoms with Gasteiger partial charge in [-0.3, -0.25) is 9.69 Å². The first-order valence-electron chi connectivity index (χ1n) is 5.28. The van der Waals surface area contributed by atoms with Gasteiger partial charge in [-0.25, -0.2) is 0 Å². The lowest BCUT2D eigenvalue weighted by Crippen LogP contribution is -2.33. The third-order valence-corrected chi connectivity index (χ3v) is 2.92. The van der Waals surface area contributed by atoms with Crippen LogP contribution < -0.4 is 5.73 Å². The number of carbonyl (C=O) groups is 1. The average Bonchev–Trinajstić information content (AvgIpc) is 2.16. The molecule has 14 heavy (non-hydrogen) atoms. The van der Waals surface area contributed by atoms with Crippen molar-refractivity contribution in [2.75, 3.05) is 19.6 Å². The minimum Gasteiger partial charge on any atom is -0.366 e. The quantitative estimate of drug-likeness (QED) is 0.688. The van der Waals surface area contributed by atoms with Crippen LogP contribution in [0.5, 0.6) is 0 Å². The Morgan fingerprint density at radius 3 is 2.57 bits per heavy atom. The number of piperidine rings is 1. The number of hydrogen-bond donors (Lipinski definition) is 1. The fraction of sp³-hybridized carbons (Fsp3) is 0.727. The summed E-state index contributed by atoms with van der Waals surface area (Å²) < 4.78 is 0. The monoisotopic (exact) mass is 196 g/mol. The predicted molar refractivity (Wildman–Crippen MR) is 57.8 cm³/mol. The Labute approximate surface area is 86.0 Å². The van der Waals surface area contributed by atoms with Gasteiger partial charge in [0.2, 0.25) is 5.91 Å². The van der Waals surface area contributed by atoms with Crippen molar-refractivity contribution in [3.8, 4) is 0 Å². The van der Waals surface area contributed by atoms with Crippen LogP contribution in [0.15, 0.2) is 11.6 Å². The Morgan fingerprint density at radius 1 is 1.50 bits per heavy atom. The molecule has 0 aromatic heterocycles. The molecule has 3 nitrogen and oxygen atoms in total. The summed E-state index contributed by atoms with van der Waals surface area (Å²) in [6.07, 6.45) is 4.46. The van der Waals surface area contributed by atoms with Gasteiger partial charge in [0.05, 0.1) is 0 Å². The maximum atomic E-state index is 10.8. The summed E-state index contributed by atoms with van der Waals surface area (Å²) in [6, 6.07) is 0. The number of hydrogen-bond acceptors (Lipinski definition) is 2. The fourth-order valence-electron chi connectivity index (χ4n) is 1.61. The third kappa shape index (κ3) is 3.50. The largest absolute Gasteiger partial charge is 0.366 e. The fourth-order valence-corrected chi connectivity index (χ4v) is 1.61. The van der Waals surface area contributed by atoms with Gasteiger partial charge in [0, 0.05) is 12.1 Å². The van der Waals surface area contributed by atoms with E-state index in [0.29, 0.717) is 5.57 Å². The summed E-state index contributed by atoms with van der Waals surface area (Å²) in [7, 11) is 0. The molecule has 0 saturated carbocycles. The molecule has 0 radical (unpaired) electrons. The molecule has 1 saturated heterocycles. The van der Waals surface area contributed by atoms with E-state index in [1.165, 1.54) is 12.8 Å². The molecule has 3 heteroatoms. The average molecular weight is 196 g/mol. The number of primary amides is 1. The smallest absolute Gasteiger partial charge is 0.244 e. The van der Waals surface area contributed by atoms with Gasteiger partial charge in [-0.15, -0.1) is 0 Å². The second-order valence-corrected chi connectivity index (χ2v) is 4.23. The molecule has 2 N–H and O–H groups in total. The lowest BCUT2D eigenvalue weighted by Gasteiger charge is -2.29. The van der Waals surface area contributed by atoms with E-state index in [9.17, 15) is 4.79 Å². The van der Waals surface area contributed by atoms with E-state index in [-0.39, 0.29) is 5.91 Å². The van der Waals surface area contributed by atoms with Crippen molar-refractivity contribution in [2.24, 2.45) is 11.7 Å². The Hall–Kier alpha value is -0.830. The SMILES string of the molecule is CC(=CCN1CCC(C)CC1)C(N)=O. The maximum absolute atomic E-state index is 10.8. The molecule has 0 aliphatic carbocycles. The van der Waals surface area contributed by atoms with Crippen LogP contribution in [0.1, 0.15) is 26.7 Å². The zero-order chi connectivity index (χ0) is 10.6. The van der Waals surface area contributed by atoms with Crippen LogP contribution in [0.3, 0.4) is 0 Å². The Kier molecular flexibility index (Phi) is 4.14. The number of amides is 1. The summed E-state index contributed by atoms with van der Waals surface area (Å²) in [5.41, 5.74) is 5.82. The number of nitrogens with zero attached hydrogens (tertiary/aromatic N) is 1. The zero-order valence-corrected chi connectivity index (χ0v) is 9.12. The molecule has 0 atom stereocenters. The summed E-state index contributed by atoms with van der Waals surface area (Å²) in [6.45, 7) is 7.21. The van der Waals surface area contributed by atoms with Crippen molar-refractivity contribution >= 4 is 5.91 Å². The van der Waals surface area contributed by atoms with Crippen molar-refractivity contribution in [1.82, 2.24) is 4.90 Å². The molecule has 0 spiro atoms. The number of likely N-dealkylation sites (tertiary alicyclic amines) is 1. The highest BCUT2D eigenvalue weighted by molar-refractivity contribution is 5.91. The molecule has 1 rings (SSSR count). The number of nitrogens with two attached hydrogens (primary N) is 1. The molecule has 0 aromatic carbocycles. The number of carbonyl (C=O) groups excluding carboxylic acids is 1. The molecule has 1 fully saturated rings. The molecule has 0 bridgehead atoms. The topological polar surface area (TPSA) is 46.3 Å². The molecule has 0 unspecified atom stereocenters. The van der Waals surface area contributed by atoms with E-state index in [1.807, 2.05) is 6.08 Å². The molecule has 1 amide bonds. The van der Waals surface area contributed by atoms with Crippen LogP contribution in [-0.4, -0.2) is 30.4 Å². The van der Waals surface area contributed by atoms with Crippen molar-refractivity contribution in [3.63, 3.8) is 0 Å². The maximum Gasteiger partial charge on any atom is 0.244 e. The van der Waals surface area contributed by atoms with Gasteiger partial charge in [-0.1, -0.05) is 13.0 Å². The van der Waals surface area contributed by atoms with E-state index < -0.39 is 0 Å². The van der Waals surface area contributed by atoms with Crippen LogP contribution in [0.25, 0.3) is 0 Å². The first-order valence-corrected chi connectivity index (χ1v) is 5.28. The summed E-state index contributed by atoms with van der Waals surface area (Å²) >= 11 is 0. The van der Waals surface area contributed by atoms with E-state index >= 15 is 0 Å². The van der Waals surface area contributed by atoms with E-state index in [1.54, 1.807) is 6.92 Å². The van der Waals surface area contributed by atoms with Gasteiger partial charge in [0.15, 0.2) is 0 Å². The highest BCUT2D eigenvalue weighted by Gasteiger charge is 2.14. The molecule has 80 valence electrons. The molecule has 1 aliphatic heterocycles. The van der Waals surface area contributed by atoms with Crippen molar-refractivity contribution in [3.05, 3.63) is 11.6 Å². The Bertz CT molecular complexity index is 227. The Balaban J connectivity index is 2.32. The minimum absolute atomic E-state index is 0.310. The molecular formula is C11H20N2O. The van der Waals surface area contributed by atoms with Crippen molar-refractivity contribution in [1.29, 1.82) is 0 Å². The Morgan fingerprint density at radius 2 is 2.07 bits per heavy atom. The van der Waals surface area contributed by atoms with Gasteiger partial charge in [-0.2, -0.15) is 0 Å². The lowest BCUT2D eigenvalue weighted by atomic mass is 9.99. The third-order valence-electron chi connectivity index (χ3n) is 2.92. The zero-order valence-electron chi connectivity index (χ0n) is 9.12. The van der Waals surface area contributed by atoms with Crippen molar-refractivity contribution < 1.29 is 4.79 Å². The lowest BCUT2D eigenvalue weighted by molar-refractivity contribution is -0.114. The van der Waals surface area contributed by atoms with Crippen LogP contribution >= 0.6 is 0 Å². The highest BCUT2D eigenvalue weighted by atomic mass is 16.1. The van der Waals surface area contributed by atoms with Crippen LogP contribution in [0.2, 0.25) is 0 Å². The van der Waals surface area contributed by atoms with Gasteiger partial charge >= 0.3 is 0 Å². The van der Waals surface area contributed by atoms with Gasteiger partial charge < -0.3 is 5.73 Å². The second-order valence-electron chi connectivity index (χ2n) is 4.23. The molecule has 0 aromatic rings. The first-order chi connectivity index (χ1) is 6.59.